The van der Waals surface area contributed by atoms with E-state index in [1.165, 1.54) is 0 Å². The largest absolute Gasteiger partial charge is 0.492 e. The summed E-state index contributed by atoms with van der Waals surface area (Å²) in [6.07, 6.45) is 2.63. The average Bonchev–Trinajstić information content (AvgIpc) is 2.77. The molecule has 2 aliphatic rings. The summed E-state index contributed by atoms with van der Waals surface area (Å²) in [5.41, 5.74) is 3.67. The second kappa shape index (κ2) is 10.9. The molecule has 30 heavy (non-hydrogen) atoms. The first-order valence-corrected chi connectivity index (χ1v) is 10.2. The highest BCUT2D eigenvalue weighted by molar-refractivity contribution is 6.00. The molecule has 4 rings (SSSR count). The lowest BCUT2D eigenvalue weighted by Gasteiger charge is -2.16. The maximum absolute atomic E-state index is 11.6. The van der Waals surface area contributed by atoms with Gasteiger partial charge in [-0.15, -0.1) is 0 Å². The van der Waals surface area contributed by atoms with Crippen LogP contribution in [0.1, 0.15) is 44.7 Å². The van der Waals surface area contributed by atoms with E-state index in [1.54, 1.807) is 14.2 Å². The Morgan fingerprint density at radius 1 is 0.733 bits per heavy atom. The molecule has 160 valence electrons. The molecule has 2 heterocycles. The van der Waals surface area contributed by atoms with Crippen molar-refractivity contribution in [2.45, 2.75) is 25.7 Å². The minimum absolute atomic E-state index is 0.176. The zero-order valence-electron chi connectivity index (χ0n) is 17.6. The Morgan fingerprint density at radius 2 is 1.17 bits per heavy atom. The summed E-state index contributed by atoms with van der Waals surface area (Å²) in [6, 6.07) is 11.5. The number of carbonyl (C=O) groups is 2. The maximum Gasteiger partial charge on any atom is 0.170 e. The number of rotatable bonds is 6. The van der Waals surface area contributed by atoms with Crippen molar-refractivity contribution in [3.63, 3.8) is 0 Å². The van der Waals surface area contributed by atoms with E-state index in [0.29, 0.717) is 50.8 Å². The Hall–Kier alpha value is -2.70. The quantitative estimate of drug-likeness (QED) is 0.721. The number of methoxy groups -OCH3 is 2. The van der Waals surface area contributed by atoms with Crippen LogP contribution in [0.4, 0.5) is 0 Å². The molecule has 0 aromatic heterocycles. The topological polar surface area (TPSA) is 71.1 Å². The van der Waals surface area contributed by atoms with E-state index in [9.17, 15) is 9.59 Å². The Kier molecular flexibility index (Phi) is 7.99. The van der Waals surface area contributed by atoms with Gasteiger partial charge in [-0.05, 0) is 48.2 Å². The van der Waals surface area contributed by atoms with Crippen LogP contribution in [-0.4, -0.2) is 52.2 Å². The van der Waals surface area contributed by atoms with Crippen molar-refractivity contribution in [2.24, 2.45) is 0 Å². The third-order valence-corrected chi connectivity index (χ3v) is 5.05. The first kappa shape index (κ1) is 22.0. The molecule has 2 aromatic carbocycles. The lowest BCUT2D eigenvalue weighted by molar-refractivity contribution is 0.0924. The third kappa shape index (κ3) is 5.68. The Labute approximate surface area is 177 Å². The number of ketones is 2. The summed E-state index contributed by atoms with van der Waals surface area (Å²) in [4.78, 5) is 23.2. The minimum Gasteiger partial charge on any atom is -0.492 e. The van der Waals surface area contributed by atoms with Gasteiger partial charge in [0, 0.05) is 27.1 Å². The van der Waals surface area contributed by atoms with Gasteiger partial charge in [0.2, 0.25) is 0 Å². The number of benzene rings is 2. The highest BCUT2D eigenvalue weighted by atomic mass is 16.5. The van der Waals surface area contributed by atoms with Crippen LogP contribution in [0.2, 0.25) is 0 Å². The maximum atomic E-state index is 11.6. The smallest absolute Gasteiger partial charge is 0.170 e. The summed E-state index contributed by atoms with van der Waals surface area (Å²) in [6.45, 7) is 2.36. The van der Waals surface area contributed by atoms with Gasteiger partial charge >= 0.3 is 0 Å². The van der Waals surface area contributed by atoms with Crippen molar-refractivity contribution >= 4 is 11.6 Å². The fourth-order valence-electron chi connectivity index (χ4n) is 3.37. The average molecular weight is 412 g/mol. The van der Waals surface area contributed by atoms with Gasteiger partial charge in [0.25, 0.3) is 0 Å². The molecular formula is C24H28O6. The molecule has 0 bridgehead atoms. The monoisotopic (exact) mass is 412 g/mol. The number of ether oxygens (including phenoxy) is 4. The van der Waals surface area contributed by atoms with E-state index < -0.39 is 0 Å². The molecule has 6 nitrogen and oxygen atoms in total. The van der Waals surface area contributed by atoms with Crippen molar-refractivity contribution in [1.82, 2.24) is 0 Å². The molecule has 0 fully saturated rings. The zero-order chi connectivity index (χ0) is 21.3. The normalized spacial score (nSPS) is 14.6. The summed E-state index contributed by atoms with van der Waals surface area (Å²) < 4.78 is 20.8. The number of hydrogen-bond acceptors (Lipinski definition) is 6. The van der Waals surface area contributed by atoms with Crippen LogP contribution < -0.4 is 9.47 Å². The molecular weight excluding hydrogens is 384 g/mol. The Bertz CT molecular complexity index is 816. The highest BCUT2D eigenvalue weighted by Crippen LogP contribution is 2.26. The first-order valence-electron chi connectivity index (χ1n) is 10.2. The molecule has 2 aliphatic heterocycles. The lowest BCUT2D eigenvalue weighted by atomic mass is 10.0. The van der Waals surface area contributed by atoms with Gasteiger partial charge in [0.1, 0.15) is 11.5 Å². The number of fused-ring (bicyclic) bond motifs is 2. The van der Waals surface area contributed by atoms with Crippen molar-refractivity contribution < 1.29 is 28.5 Å². The van der Waals surface area contributed by atoms with Crippen LogP contribution >= 0.6 is 0 Å². The van der Waals surface area contributed by atoms with E-state index in [1.807, 2.05) is 36.4 Å². The number of carbonyl (C=O) groups excluding carboxylic acids is 2. The molecule has 0 saturated carbocycles. The predicted molar refractivity (Wildman–Crippen MR) is 113 cm³/mol. The van der Waals surface area contributed by atoms with Crippen molar-refractivity contribution in [3.05, 3.63) is 58.7 Å². The van der Waals surface area contributed by atoms with Gasteiger partial charge < -0.3 is 18.9 Å². The molecule has 6 heteroatoms. The van der Waals surface area contributed by atoms with Gasteiger partial charge in [-0.3, -0.25) is 9.59 Å². The van der Waals surface area contributed by atoms with Crippen molar-refractivity contribution in [1.29, 1.82) is 0 Å². The molecule has 0 unspecified atom stereocenters. The molecule has 0 amide bonds. The summed E-state index contributed by atoms with van der Waals surface area (Å²) >= 11 is 0. The molecule has 0 aliphatic carbocycles. The first-order chi connectivity index (χ1) is 14.6. The lowest BCUT2D eigenvalue weighted by Crippen LogP contribution is -2.15. The molecule has 0 spiro atoms. The summed E-state index contributed by atoms with van der Waals surface area (Å²) in [7, 11) is 3.35. The van der Waals surface area contributed by atoms with Gasteiger partial charge in [0.15, 0.2) is 11.6 Å². The second-order valence-electron chi connectivity index (χ2n) is 7.19. The van der Waals surface area contributed by atoms with Crippen LogP contribution in [0.5, 0.6) is 11.5 Å². The third-order valence-electron chi connectivity index (χ3n) is 5.05. The Morgan fingerprint density at radius 3 is 1.57 bits per heavy atom. The number of hydrogen-bond donors (Lipinski definition) is 0. The van der Waals surface area contributed by atoms with Crippen LogP contribution in [0.15, 0.2) is 36.4 Å². The molecule has 0 saturated heterocycles. The molecule has 0 atom stereocenters. The molecule has 0 N–H and O–H groups in total. The molecule has 2 aromatic rings. The summed E-state index contributed by atoms with van der Waals surface area (Å²) in [5, 5.41) is 0. The van der Waals surface area contributed by atoms with Crippen molar-refractivity contribution in [2.75, 3.05) is 40.6 Å². The summed E-state index contributed by atoms with van der Waals surface area (Å²) in [5.74, 6) is 1.78. The number of Topliss-reactive ketones (excluding diaryl/α,β-unsaturated/α-hetero) is 2. The van der Waals surface area contributed by atoms with Gasteiger partial charge in [0.05, 0.1) is 37.6 Å². The SMILES string of the molecule is COCCc1ccc2c(c1)C(=O)CCO2.COCCc1ccc2c(c1)C(=O)CCO2. The van der Waals surface area contributed by atoms with Gasteiger partial charge in [-0.1, -0.05) is 12.1 Å². The van der Waals surface area contributed by atoms with Gasteiger partial charge in [-0.2, -0.15) is 0 Å². The van der Waals surface area contributed by atoms with E-state index in [2.05, 4.69) is 0 Å². The van der Waals surface area contributed by atoms with Crippen LogP contribution in [0.3, 0.4) is 0 Å². The molecule has 0 radical (unpaired) electrons. The van der Waals surface area contributed by atoms with Gasteiger partial charge in [-0.25, -0.2) is 0 Å². The Balaban J connectivity index is 0.000000171. The van der Waals surface area contributed by atoms with Crippen LogP contribution in [-0.2, 0) is 22.3 Å². The van der Waals surface area contributed by atoms with Crippen molar-refractivity contribution in [3.8, 4) is 11.5 Å². The van der Waals surface area contributed by atoms with Crippen LogP contribution in [0, 0.1) is 0 Å². The second-order valence-corrected chi connectivity index (χ2v) is 7.19. The fraction of sp³-hybridized carbons (Fsp3) is 0.417. The van der Waals surface area contributed by atoms with E-state index in [0.717, 1.165) is 35.1 Å². The predicted octanol–water partition coefficient (Wildman–Crippen LogP) is 3.68. The van der Waals surface area contributed by atoms with E-state index >= 15 is 0 Å². The minimum atomic E-state index is 0.176. The fourth-order valence-corrected chi connectivity index (χ4v) is 3.37. The van der Waals surface area contributed by atoms with Crippen LogP contribution in [0.25, 0.3) is 0 Å². The highest BCUT2D eigenvalue weighted by Gasteiger charge is 2.19. The van der Waals surface area contributed by atoms with E-state index in [4.69, 9.17) is 18.9 Å². The standard InChI is InChI=1S/2C12H14O3/c2*1-14-6-4-9-2-3-12-10(8-9)11(13)5-7-15-12/h2*2-3,8H,4-7H2,1H3. The zero-order valence-corrected chi connectivity index (χ0v) is 17.6. The van der Waals surface area contributed by atoms with E-state index in [-0.39, 0.29) is 11.6 Å².